The molecule has 37 heavy (non-hydrogen) atoms. The number of methoxy groups -OCH3 is 1. The van der Waals surface area contributed by atoms with E-state index in [0.29, 0.717) is 29.3 Å². The average Bonchev–Trinajstić information content (AvgIpc) is 2.97. The van der Waals surface area contributed by atoms with Crippen molar-refractivity contribution in [3.05, 3.63) is 54.2 Å². The van der Waals surface area contributed by atoms with E-state index < -0.39 is 0 Å². The third-order valence-electron chi connectivity index (χ3n) is 7.56. The summed E-state index contributed by atoms with van der Waals surface area (Å²) in [7, 11) is 5.53. The van der Waals surface area contributed by atoms with Gasteiger partial charge < -0.3 is 25.4 Å². The van der Waals surface area contributed by atoms with E-state index in [1.807, 2.05) is 14.1 Å². The molecule has 9 nitrogen and oxygen atoms in total. The summed E-state index contributed by atoms with van der Waals surface area (Å²) in [5.74, 6) is 2.23. The van der Waals surface area contributed by atoms with E-state index in [2.05, 4.69) is 61.3 Å². The lowest BCUT2D eigenvalue weighted by Gasteiger charge is -2.33. The number of hydrogen-bond donors (Lipinski definition) is 3. The molecule has 3 heterocycles. The van der Waals surface area contributed by atoms with Crippen LogP contribution < -0.4 is 21.1 Å². The minimum absolute atomic E-state index is 0.330. The molecular formula is C28H41N7O2. The first-order chi connectivity index (χ1) is 18.0. The zero-order valence-corrected chi connectivity index (χ0v) is 22.4. The first-order valence-corrected chi connectivity index (χ1v) is 13.3. The van der Waals surface area contributed by atoms with E-state index >= 15 is 0 Å². The molecule has 1 aromatic carbocycles. The number of nitrogen functional groups attached to an aromatic ring is 1. The van der Waals surface area contributed by atoms with Crippen molar-refractivity contribution in [3.8, 4) is 5.88 Å². The average molecular weight is 508 g/mol. The van der Waals surface area contributed by atoms with Crippen LogP contribution in [0, 0.1) is 0 Å². The van der Waals surface area contributed by atoms with E-state index in [1.165, 1.54) is 56.8 Å². The molecule has 5 rings (SSSR count). The summed E-state index contributed by atoms with van der Waals surface area (Å²) in [6.07, 6.45) is 10.0. The van der Waals surface area contributed by atoms with Gasteiger partial charge in [0, 0.05) is 24.7 Å². The van der Waals surface area contributed by atoms with Gasteiger partial charge in [0.25, 0.3) is 0 Å². The fraction of sp³-hybridized carbons (Fsp3) is 0.536. The summed E-state index contributed by atoms with van der Waals surface area (Å²) in [6.45, 7) is 5.94. The third kappa shape index (κ3) is 6.59. The van der Waals surface area contributed by atoms with Crippen LogP contribution in [-0.4, -0.2) is 67.1 Å². The van der Waals surface area contributed by atoms with Crippen LogP contribution in [0.15, 0.2) is 48.0 Å². The molecule has 2 fully saturated rings. The number of ether oxygens (including phenoxy) is 2. The van der Waals surface area contributed by atoms with Gasteiger partial charge in [-0.3, -0.25) is 5.32 Å². The second kappa shape index (κ2) is 12.9. The Balaban J connectivity index is 0.000000225. The predicted molar refractivity (Wildman–Crippen MR) is 148 cm³/mol. The normalized spacial score (nSPS) is 20.1. The number of hydrogen-bond acceptors (Lipinski definition) is 9. The van der Waals surface area contributed by atoms with Gasteiger partial charge in [0.2, 0.25) is 5.88 Å². The lowest BCUT2D eigenvalue weighted by Crippen LogP contribution is -2.41. The quantitative estimate of drug-likeness (QED) is 0.504. The van der Waals surface area contributed by atoms with Gasteiger partial charge in [0.1, 0.15) is 12.0 Å². The minimum Gasteiger partial charge on any atom is -0.483 e. The van der Waals surface area contributed by atoms with Gasteiger partial charge in [-0.05, 0) is 57.8 Å². The van der Waals surface area contributed by atoms with Crippen LogP contribution >= 0.6 is 0 Å². The molecule has 0 spiro atoms. The Labute approximate surface area is 220 Å². The highest BCUT2D eigenvalue weighted by atomic mass is 16.5. The molecule has 1 aliphatic carbocycles. The molecule has 0 radical (unpaired) electrons. The molecule has 1 saturated heterocycles. The topological polar surface area (TPSA) is 110 Å². The zero-order chi connectivity index (χ0) is 26.2. The number of anilines is 1. The smallest absolute Gasteiger partial charge is 0.247 e. The minimum atomic E-state index is -0.359. The van der Waals surface area contributed by atoms with Gasteiger partial charge in [0.15, 0.2) is 23.6 Å². The molecule has 1 aromatic heterocycles. The number of benzene rings is 1. The highest BCUT2D eigenvalue weighted by Crippen LogP contribution is 2.36. The molecule has 200 valence electrons. The Kier molecular flexibility index (Phi) is 9.35. The van der Waals surface area contributed by atoms with Crippen LogP contribution in [0.1, 0.15) is 62.0 Å². The maximum absolute atomic E-state index is 5.93. The third-order valence-corrected chi connectivity index (χ3v) is 7.56. The van der Waals surface area contributed by atoms with Crippen molar-refractivity contribution < 1.29 is 9.47 Å². The molecule has 2 aliphatic heterocycles. The molecule has 1 atom stereocenters. The summed E-state index contributed by atoms with van der Waals surface area (Å²) in [4.78, 5) is 15.0. The van der Waals surface area contributed by atoms with Crippen LogP contribution in [0.4, 0.5) is 11.5 Å². The van der Waals surface area contributed by atoms with Crippen LogP contribution in [0.5, 0.6) is 5.88 Å². The molecular weight excluding hydrogens is 466 g/mol. The number of likely N-dealkylation sites (N-methyl/N-ethyl adjacent to an activating group) is 1. The summed E-state index contributed by atoms with van der Waals surface area (Å²) < 4.78 is 11.0. The van der Waals surface area contributed by atoms with Gasteiger partial charge in [-0.2, -0.15) is 4.98 Å². The number of aromatic nitrogens is 2. The predicted octanol–water partition coefficient (Wildman–Crippen LogP) is 3.95. The SMILES string of the molecule is C=C(OC)N1CCC(NC)CC1.CNC1Oc2ncnc(N)c2N=C1c1ccc(C2CCCCC2)cc1. The van der Waals surface area contributed by atoms with Crippen molar-refractivity contribution >= 4 is 17.2 Å². The van der Waals surface area contributed by atoms with Gasteiger partial charge in [0.05, 0.1) is 7.11 Å². The van der Waals surface area contributed by atoms with Crippen molar-refractivity contribution in [2.24, 2.45) is 4.99 Å². The van der Waals surface area contributed by atoms with Gasteiger partial charge in [-0.15, -0.1) is 0 Å². The zero-order valence-electron chi connectivity index (χ0n) is 22.4. The van der Waals surface area contributed by atoms with Crippen LogP contribution in [0.25, 0.3) is 0 Å². The molecule has 1 saturated carbocycles. The van der Waals surface area contributed by atoms with Crippen molar-refractivity contribution in [2.45, 2.75) is 63.1 Å². The maximum Gasteiger partial charge on any atom is 0.247 e. The second-order valence-electron chi connectivity index (χ2n) is 9.80. The van der Waals surface area contributed by atoms with Crippen molar-refractivity contribution in [3.63, 3.8) is 0 Å². The van der Waals surface area contributed by atoms with Gasteiger partial charge in [-0.1, -0.05) is 43.5 Å². The van der Waals surface area contributed by atoms with E-state index in [1.54, 1.807) is 7.11 Å². The number of piperidine rings is 1. The summed E-state index contributed by atoms with van der Waals surface area (Å²) in [5, 5.41) is 6.42. The van der Waals surface area contributed by atoms with Crippen molar-refractivity contribution in [1.29, 1.82) is 0 Å². The molecule has 0 amide bonds. The van der Waals surface area contributed by atoms with E-state index in [-0.39, 0.29) is 6.23 Å². The van der Waals surface area contributed by atoms with Gasteiger partial charge >= 0.3 is 0 Å². The molecule has 9 heteroatoms. The van der Waals surface area contributed by atoms with Crippen LogP contribution in [0.2, 0.25) is 0 Å². The molecule has 2 aromatic rings. The summed E-state index contributed by atoms with van der Waals surface area (Å²) >= 11 is 0. The molecule has 3 aliphatic rings. The fourth-order valence-corrected chi connectivity index (χ4v) is 5.23. The standard InChI is InChI=1S/C19H23N5O.C9H18N2O/c1-21-18-15(24-16-17(20)22-11-23-19(16)25-18)14-9-7-13(8-10-14)12-5-3-2-4-6-12;1-8(12-3)11-6-4-9(10-2)5-7-11/h7-12,18,21H,2-6H2,1H3,(H2,20,22,23);9-10H,1,4-7H2,2-3H3. The monoisotopic (exact) mass is 507 g/mol. The lowest BCUT2D eigenvalue weighted by atomic mass is 9.84. The van der Waals surface area contributed by atoms with E-state index in [0.717, 1.165) is 30.2 Å². The summed E-state index contributed by atoms with van der Waals surface area (Å²) in [5.41, 5.74) is 9.67. The van der Waals surface area contributed by atoms with Crippen LogP contribution in [0.3, 0.4) is 0 Å². The second-order valence-corrected chi connectivity index (χ2v) is 9.80. The Morgan fingerprint density at radius 1 is 1.03 bits per heavy atom. The van der Waals surface area contributed by atoms with E-state index in [9.17, 15) is 0 Å². The number of aliphatic imine (C=N–C) groups is 1. The Morgan fingerprint density at radius 3 is 2.35 bits per heavy atom. The number of nitrogens with two attached hydrogens (primary N) is 1. The molecule has 0 bridgehead atoms. The maximum atomic E-state index is 5.93. The highest BCUT2D eigenvalue weighted by molar-refractivity contribution is 6.06. The largest absolute Gasteiger partial charge is 0.483 e. The molecule has 1 unspecified atom stereocenters. The number of rotatable bonds is 6. The number of likely N-dealkylation sites (tertiary alicyclic amines) is 1. The van der Waals surface area contributed by atoms with Crippen LogP contribution in [-0.2, 0) is 4.74 Å². The Hall–Kier alpha value is -3.17. The number of fused-ring (bicyclic) bond motifs is 1. The van der Waals surface area contributed by atoms with Gasteiger partial charge in [-0.25, -0.2) is 9.98 Å². The fourth-order valence-electron chi connectivity index (χ4n) is 5.23. The first-order valence-electron chi connectivity index (χ1n) is 13.3. The van der Waals surface area contributed by atoms with Crippen molar-refractivity contribution in [1.82, 2.24) is 25.5 Å². The number of nitrogens with one attached hydrogen (secondary N) is 2. The first kappa shape index (κ1) is 26.9. The number of nitrogens with zero attached hydrogens (tertiary/aromatic N) is 4. The molecule has 4 N–H and O–H groups in total. The Morgan fingerprint density at radius 2 is 1.73 bits per heavy atom. The Bertz CT molecular complexity index is 1060. The van der Waals surface area contributed by atoms with E-state index in [4.69, 9.17) is 15.2 Å². The van der Waals surface area contributed by atoms with Crippen molar-refractivity contribution in [2.75, 3.05) is 40.0 Å². The summed E-state index contributed by atoms with van der Waals surface area (Å²) in [6, 6.07) is 9.37. The lowest BCUT2D eigenvalue weighted by molar-refractivity contribution is 0.127. The highest BCUT2D eigenvalue weighted by Gasteiger charge is 2.27.